The molecule has 1 atom stereocenters. The van der Waals surface area contributed by atoms with Crippen LogP contribution >= 0.6 is 0 Å². The van der Waals surface area contributed by atoms with E-state index in [4.69, 9.17) is 14.2 Å². The predicted octanol–water partition coefficient (Wildman–Crippen LogP) is 8.23. The molecule has 0 aromatic heterocycles. The largest absolute Gasteiger partial charge is 0.416 e. The van der Waals surface area contributed by atoms with Gasteiger partial charge in [0.2, 0.25) is 0 Å². The first kappa shape index (κ1) is 27.3. The maximum Gasteiger partial charge on any atom is 0.416 e. The molecule has 0 bridgehead atoms. The van der Waals surface area contributed by atoms with E-state index < -0.39 is 36.2 Å². The monoisotopic (exact) mass is 514 g/mol. The van der Waals surface area contributed by atoms with Crippen LogP contribution in [0.2, 0.25) is 0 Å². The summed E-state index contributed by atoms with van der Waals surface area (Å²) in [5, 5.41) is 0. The van der Waals surface area contributed by atoms with Crippen LogP contribution in [0.1, 0.15) is 75.2 Å². The molecule has 2 fully saturated rings. The van der Waals surface area contributed by atoms with E-state index in [0.29, 0.717) is 30.2 Å². The zero-order valence-electron chi connectivity index (χ0n) is 20.5. The molecule has 3 nitrogen and oxygen atoms in total. The van der Waals surface area contributed by atoms with Crippen molar-refractivity contribution in [2.45, 2.75) is 82.5 Å². The zero-order chi connectivity index (χ0) is 25.8. The van der Waals surface area contributed by atoms with E-state index in [1.54, 1.807) is 0 Å². The maximum atomic E-state index is 15.0. The van der Waals surface area contributed by atoms with Crippen molar-refractivity contribution in [3.63, 3.8) is 0 Å². The minimum atomic E-state index is -4.43. The second kappa shape index (κ2) is 11.7. The summed E-state index contributed by atoms with van der Waals surface area (Å²) in [4.78, 5) is 0. The number of rotatable bonds is 8. The molecular weight excluding hydrogens is 479 g/mol. The summed E-state index contributed by atoms with van der Waals surface area (Å²) in [5.74, 6) is 0.235. The van der Waals surface area contributed by atoms with Gasteiger partial charge >= 0.3 is 12.3 Å². The van der Waals surface area contributed by atoms with E-state index in [1.165, 1.54) is 17.7 Å². The fourth-order valence-corrected chi connectivity index (χ4v) is 5.67. The summed E-state index contributed by atoms with van der Waals surface area (Å²) >= 11 is 0. The molecule has 3 aliphatic rings. The number of hydrogen-bond donors (Lipinski definition) is 0. The van der Waals surface area contributed by atoms with Gasteiger partial charge in [0, 0.05) is 5.56 Å². The normalized spacial score (nSPS) is 30.0. The molecule has 1 aromatic carbocycles. The molecule has 0 spiro atoms. The molecule has 0 radical (unpaired) electrons. The summed E-state index contributed by atoms with van der Waals surface area (Å²) in [6.45, 7) is 3.55. The number of benzene rings is 1. The van der Waals surface area contributed by atoms with Gasteiger partial charge in [-0.1, -0.05) is 29.9 Å². The van der Waals surface area contributed by atoms with Gasteiger partial charge in [-0.2, -0.15) is 22.0 Å². The predicted molar refractivity (Wildman–Crippen MR) is 126 cm³/mol. The van der Waals surface area contributed by atoms with Gasteiger partial charge in [0.25, 0.3) is 0 Å². The van der Waals surface area contributed by atoms with E-state index in [9.17, 15) is 22.0 Å². The molecule has 36 heavy (non-hydrogen) atoms. The first-order valence-corrected chi connectivity index (χ1v) is 12.9. The van der Waals surface area contributed by atoms with Gasteiger partial charge in [-0.15, -0.1) is 6.58 Å². The van der Waals surface area contributed by atoms with E-state index in [2.05, 4.69) is 12.7 Å². The molecule has 8 heteroatoms. The minimum absolute atomic E-state index is 0.112. The van der Waals surface area contributed by atoms with Crippen molar-refractivity contribution < 1.29 is 36.2 Å². The van der Waals surface area contributed by atoms with Crippen molar-refractivity contribution in [2.24, 2.45) is 17.8 Å². The van der Waals surface area contributed by atoms with Gasteiger partial charge in [0.15, 0.2) is 6.29 Å². The van der Waals surface area contributed by atoms with Crippen LogP contribution in [0, 0.1) is 17.8 Å². The second-order valence-electron chi connectivity index (χ2n) is 10.3. The van der Waals surface area contributed by atoms with Crippen LogP contribution in [0.5, 0.6) is 0 Å². The van der Waals surface area contributed by atoms with E-state index in [1.807, 2.05) is 6.08 Å². The van der Waals surface area contributed by atoms with Crippen LogP contribution in [0.25, 0.3) is 0 Å². The summed E-state index contributed by atoms with van der Waals surface area (Å²) in [6, 6.07) is 4.43. The highest BCUT2D eigenvalue weighted by molar-refractivity contribution is 5.25. The molecule has 0 N–H and O–H groups in total. The fourth-order valence-electron chi connectivity index (χ4n) is 5.67. The maximum absolute atomic E-state index is 15.0. The lowest BCUT2D eigenvalue weighted by Gasteiger charge is -2.39. The van der Waals surface area contributed by atoms with E-state index in [-0.39, 0.29) is 13.2 Å². The molecule has 1 heterocycles. The Bertz CT molecular complexity index is 879. The molecule has 1 saturated heterocycles. The lowest BCUT2D eigenvalue weighted by molar-refractivity contribution is -0.334. The molecule has 1 aromatic rings. The topological polar surface area (TPSA) is 27.7 Å². The molecule has 200 valence electrons. The highest BCUT2D eigenvalue weighted by Gasteiger charge is 2.46. The first-order valence-electron chi connectivity index (χ1n) is 12.9. The van der Waals surface area contributed by atoms with Crippen LogP contribution in [0.4, 0.5) is 22.0 Å². The summed E-state index contributed by atoms with van der Waals surface area (Å²) in [7, 11) is 0. The Morgan fingerprint density at radius 2 is 1.58 bits per heavy atom. The number of alkyl halides is 5. The van der Waals surface area contributed by atoms with Crippen LogP contribution in [-0.4, -0.2) is 25.4 Å². The molecule has 1 unspecified atom stereocenters. The average Bonchev–Trinajstić information content (AvgIpc) is 2.88. The fraction of sp³-hybridized carbons (Fsp3) is 0.643. The quantitative estimate of drug-likeness (QED) is 0.258. The lowest BCUT2D eigenvalue weighted by atomic mass is 9.71. The Kier molecular flexibility index (Phi) is 8.89. The molecule has 1 saturated carbocycles. The Labute approximate surface area is 209 Å². The van der Waals surface area contributed by atoms with Crippen LogP contribution in [0.15, 0.2) is 48.6 Å². The third kappa shape index (κ3) is 6.95. The number of allylic oxidation sites excluding steroid dienone is 3. The van der Waals surface area contributed by atoms with Gasteiger partial charge in [0.1, 0.15) is 6.10 Å². The lowest BCUT2D eigenvalue weighted by Crippen LogP contribution is -2.43. The summed E-state index contributed by atoms with van der Waals surface area (Å²) in [6.07, 6.45) is 2.58. The van der Waals surface area contributed by atoms with Crippen molar-refractivity contribution in [2.75, 3.05) is 13.2 Å². The molecular formula is C28H35F5O3. The summed E-state index contributed by atoms with van der Waals surface area (Å²) in [5.41, 5.74) is 1.13. The van der Waals surface area contributed by atoms with Crippen molar-refractivity contribution >= 4 is 0 Å². The van der Waals surface area contributed by atoms with Gasteiger partial charge < -0.3 is 14.2 Å². The third-order valence-electron chi connectivity index (χ3n) is 7.83. The number of hydrogen-bond acceptors (Lipinski definition) is 3. The third-order valence-corrected chi connectivity index (χ3v) is 7.83. The van der Waals surface area contributed by atoms with Crippen molar-refractivity contribution in [1.82, 2.24) is 0 Å². The van der Waals surface area contributed by atoms with Crippen LogP contribution < -0.4 is 0 Å². The Hall–Kier alpha value is -1.77. The minimum Gasteiger partial charge on any atom is -0.346 e. The first-order chi connectivity index (χ1) is 17.2. The van der Waals surface area contributed by atoms with Gasteiger partial charge in [0.05, 0.1) is 24.7 Å². The van der Waals surface area contributed by atoms with Crippen molar-refractivity contribution in [3.05, 3.63) is 59.7 Å². The Morgan fingerprint density at radius 1 is 0.917 bits per heavy atom. The molecule has 4 rings (SSSR count). The van der Waals surface area contributed by atoms with E-state index in [0.717, 1.165) is 57.1 Å². The highest BCUT2D eigenvalue weighted by Crippen LogP contribution is 2.45. The van der Waals surface area contributed by atoms with Gasteiger partial charge in [-0.3, -0.25) is 0 Å². The number of halogens is 5. The Balaban J connectivity index is 1.21. The summed E-state index contributed by atoms with van der Waals surface area (Å²) < 4.78 is 84.2. The Morgan fingerprint density at radius 3 is 2.14 bits per heavy atom. The zero-order valence-corrected chi connectivity index (χ0v) is 20.5. The van der Waals surface area contributed by atoms with Crippen LogP contribution in [-0.2, 0) is 20.4 Å². The molecule has 1 aliphatic heterocycles. The average molecular weight is 515 g/mol. The van der Waals surface area contributed by atoms with E-state index >= 15 is 0 Å². The van der Waals surface area contributed by atoms with Crippen LogP contribution in [0.3, 0.4) is 0 Å². The highest BCUT2D eigenvalue weighted by atomic mass is 19.4. The molecule has 2 aliphatic carbocycles. The van der Waals surface area contributed by atoms with Crippen molar-refractivity contribution in [3.8, 4) is 0 Å². The second-order valence-corrected chi connectivity index (χ2v) is 10.3. The SMILES string of the molecule is C=CCCC1=CCC(C2CCC(C(F)(F)OC3COC(c4ccc(C(F)(F)F)cc4)OC3)CC2)CC1. The molecule has 0 amide bonds. The van der Waals surface area contributed by atoms with Gasteiger partial charge in [-0.05, 0) is 81.8 Å². The van der Waals surface area contributed by atoms with Gasteiger partial charge in [-0.25, -0.2) is 0 Å². The number of ether oxygens (including phenoxy) is 3. The standard InChI is InChI=1S/C28H35F5O3/c1-2-3-4-19-5-7-20(8-6-19)21-9-15-24(16-10-21)28(32,33)36-25-17-34-26(35-18-25)22-11-13-23(14-12-22)27(29,30)31/h2,5,11-14,20-21,24-26H,1,3-4,6-10,15-18H2. The smallest absolute Gasteiger partial charge is 0.346 e. The van der Waals surface area contributed by atoms with Crippen molar-refractivity contribution in [1.29, 1.82) is 0 Å².